The highest BCUT2D eigenvalue weighted by Gasteiger charge is 2.57. The number of fused-ring (bicyclic) bond motifs is 3. The van der Waals surface area contributed by atoms with Crippen LogP contribution in [-0.2, 0) is 47.3 Å². The number of methoxy groups -OCH3 is 3. The van der Waals surface area contributed by atoms with E-state index in [2.05, 4.69) is 61.1 Å². The van der Waals surface area contributed by atoms with E-state index in [-0.39, 0.29) is 49.2 Å². The summed E-state index contributed by atoms with van der Waals surface area (Å²) in [5.74, 6) is -6.85. The van der Waals surface area contributed by atoms with Crippen LogP contribution in [0.5, 0.6) is 0 Å². The first-order valence-electron chi connectivity index (χ1n) is 25.0. The van der Waals surface area contributed by atoms with Crippen LogP contribution in [0, 0.1) is 29.6 Å². The number of cyclic esters (lactones) is 1. The molecule has 1 N–H and O–H groups in total. The number of carbonyl (C=O) groups excluding carboxylic acids is 4. The Kier molecular flexibility index (Phi) is 20.9. The van der Waals surface area contributed by atoms with Gasteiger partial charge in [-0.05, 0) is 118 Å². The summed E-state index contributed by atoms with van der Waals surface area (Å²) >= 11 is 0. The van der Waals surface area contributed by atoms with Crippen LogP contribution in [0.4, 0.5) is 0 Å². The van der Waals surface area contributed by atoms with Crippen molar-refractivity contribution in [3.63, 3.8) is 0 Å². The van der Waals surface area contributed by atoms with Gasteiger partial charge in [-0.3, -0.25) is 14.4 Å². The molecule has 2 bridgehead atoms. The van der Waals surface area contributed by atoms with E-state index in [1.807, 2.05) is 32.9 Å². The minimum absolute atomic E-state index is 0.0191. The molecule has 0 spiro atoms. The van der Waals surface area contributed by atoms with Crippen molar-refractivity contribution in [3.8, 4) is 0 Å². The van der Waals surface area contributed by atoms with Crippen molar-refractivity contribution in [1.29, 1.82) is 0 Å². The number of rotatable bonds is 12. The molecule has 13 unspecified atom stereocenters. The third-order valence-electron chi connectivity index (χ3n) is 15.4. The predicted molar refractivity (Wildman–Crippen MR) is 261 cm³/mol. The smallest absolute Gasteiger partial charge is 0.329 e. The van der Waals surface area contributed by atoms with Gasteiger partial charge < -0.3 is 38.1 Å². The molecule has 4 aliphatic rings. The number of piperidine rings is 1. The predicted octanol–water partition coefficient (Wildman–Crippen LogP) is 9.64. The summed E-state index contributed by atoms with van der Waals surface area (Å²) < 4.78 is 38.1. The molecule has 1 saturated carbocycles. The molecule has 1 aliphatic carbocycles. The quantitative estimate of drug-likeness (QED) is 0.0864. The highest BCUT2D eigenvalue weighted by Crippen LogP contribution is 2.46. The first kappa shape index (κ1) is 55.8. The highest BCUT2D eigenvalue weighted by molar-refractivity contribution is 6.77. The molecule has 1 amide bonds. The number of esters is 1. The summed E-state index contributed by atoms with van der Waals surface area (Å²) in [5.41, 5.74) is 3.18. The lowest BCUT2D eigenvalue weighted by Crippen LogP contribution is -2.64. The maximum atomic E-state index is 14.6. The summed E-state index contributed by atoms with van der Waals surface area (Å²) in [6.07, 6.45) is 12.2. The Hall–Kier alpha value is -2.78. The number of hydrogen-bond acceptors (Lipinski definition) is 11. The van der Waals surface area contributed by atoms with Crippen LogP contribution >= 0.6 is 0 Å². The second-order valence-electron chi connectivity index (χ2n) is 21.2. The molecule has 13 atom stereocenters. The van der Waals surface area contributed by atoms with E-state index in [1.165, 1.54) is 4.90 Å². The Bertz CT molecular complexity index is 1730. The van der Waals surface area contributed by atoms with Gasteiger partial charge in [0.25, 0.3) is 11.7 Å². The first-order chi connectivity index (χ1) is 31.1. The number of hydrogen-bond donors (Lipinski definition) is 1. The Morgan fingerprint density at radius 3 is 2.11 bits per heavy atom. The minimum Gasteiger partial charge on any atom is -0.456 e. The molecule has 3 heterocycles. The van der Waals surface area contributed by atoms with Crippen molar-refractivity contribution in [2.75, 3.05) is 27.9 Å². The summed E-state index contributed by atoms with van der Waals surface area (Å²) in [6.45, 7) is 27.5. The van der Waals surface area contributed by atoms with Gasteiger partial charge in [-0.25, -0.2) is 4.79 Å². The van der Waals surface area contributed by atoms with Gasteiger partial charge in [-0.1, -0.05) is 92.2 Å². The van der Waals surface area contributed by atoms with Crippen molar-refractivity contribution in [3.05, 3.63) is 48.1 Å². The topological polar surface area (TPSA) is 147 Å². The molecular weight excluding hydrogens is 855 g/mol. The van der Waals surface area contributed by atoms with Crippen LogP contribution in [0.25, 0.3) is 0 Å². The van der Waals surface area contributed by atoms with Gasteiger partial charge >= 0.3 is 5.97 Å². The third-order valence-corrected chi connectivity index (χ3v) is 21.5. The zero-order valence-electron chi connectivity index (χ0n) is 43.0. The van der Waals surface area contributed by atoms with Crippen LogP contribution in [0.1, 0.15) is 140 Å². The Morgan fingerprint density at radius 2 is 1.52 bits per heavy atom. The van der Waals surface area contributed by atoms with Crippen molar-refractivity contribution in [1.82, 2.24) is 4.90 Å². The van der Waals surface area contributed by atoms with Gasteiger partial charge in [0.05, 0.1) is 24.4 Å². The fourth-order valence-corrected chi connectivity index (χ4v) is 17.5. The van der Waals surface area contributed by atoms with Gasteiger partial charge in [0.1, 0.15) is 18.2 Å². The molecule has 0 aromatic carbocycles. The minimum atomic E-state index is -2.48. The van der Waals surface area contributed by atoms with Gasteiger partial charge in [-0.15, -0.1) is 6.58 Å². The van der Waals surface area contributed by atoms with Gasteiger partial charge in [0.15, 0.2) is 5.78 Å². The summed E-state index contributed by atoms with van der Waals surface area (Å²) in [5, 5.41) is 12.2. The van der Waals surface area contributed by atoms with Crippen molar-refractivity contribution >= 4 is 31.8 Å². The van der Waals surface area contributed by atoms with E-state index in [0.29, 0.717) is 48.7 Å². The molecule has 3 aliphatic heterocycles. The average molecular weight is 942 g/mol. The van der Waals surface area contributed by atoms with E-state index >= 15 is 0 Å². The number of nitrogens with zero attached hydrogens (tertiary/aromatic N) is 1. The van der Waals surface area contributed by atoms with Crippen LogP contribution in [-0.4, -0.2) is 118 Å². The van der Waals surface area contributed by atoms with Crippen LogP contribution in [0.15, 0.2) is 48.1 Å². The summed E-state index contributed by atoms with van der Waals surface area (Å²) in [7, 11) is 2.69. The highest BCUT2D eigenvalue weighted by atomic mass is 28.4. The summed E-state index contributed by atoms with van der Waals surface area (Å²) in [6, 6.07) is -1.07. The molecule has 12 nitrogen and oxygen atoms in total. The maximum Gasteiger partial charge on any atom is 0.329 e. The number of ether oxygens (including phenoxy) is 5. The van der Waals surface area contributed by atoms with E-state index in [0.717, 1.165) is 30.4 Å². The molecule has 0 aromatic rings. The van der Waals surface area contributed by atoms with E-state index in [9.17, 15) is 24.3 Å². The molecule has 66 heavy (non-hydrogen) atoms. The van der Waals surface area contributed by atoms with Gasteiger partial charge in [0.2, 0.25) is 14.1 Å². The van der Waals surface area contributed by atoms with Crippen molar-refractivity contribution < 1.29 is 52.4 Å². The van der Waals surface area contributed by atoms with Crippen LogP contribution < -0.4 is 0 Å². The summed E-state index contributed by atoms with van der Waals surface area (Å²) in [4.78, 5) is 58.6. The van der Waals surface area contributed by atoms with E-state index in [4.69, 9.17) is 28.1 Å². The molecule has 374 valence electrons. The first-order valence-corrected chi connectivity index (χ1v) is 27.1. The van der Waals surface area contributed by atoms with Crippen molar-refractivity contribution in [2.24, 2.45) is 29.6 Å². The van der Waals surface area contributed by atoms with Crippen LogP contribution in [0.2, 0.25) is 16.6 Å². The molecule has 0 aromatic heterocycles. The normalized spacial score (nSPS) is 36.7. The lowest BCUT2D eigenvalue weighted by atomic mass is 9.82. The van der Waals surface area contributed by atoms with Crippen LogP contribution in [0.3, 0.4) is 0 Å². The van der Waals surface area contributed by atoms with E-state index in [1.54, 1.807) is 40.4 Å². The number of amides is 1. The third kappa shape index (κ3) is 12.9. The lowest BCUT2D eigenvalue weighted by Gasteiger charge is -2.47. The number of allylic oxidation sites excluding steroid dienone is 5. The Balaban J connectivity index is 1.75. The zero-order chi connectivity index (χ0) is 49.3. The maximum absolute atomic E-state index is 14.6. The second-order valence-corrected chi connectivity index (χ2v) is 26.6. The van der Waals surface area contributed by atoms with Gasteiger partial charge in [0, 0.05) is 45.6 Å². The molecule has 3 fully saturated rings. The Morgan fingerprint density at radius 1 is 0.894 bits per heavy atom. The monoisotopic (exact) mass is 942 g/mol. The number of carbonyl (C=O) groups is 4. The molecule has 4 rings (SSSR count). The largest absolute Gasteiger partial charge is 0.456 e. The number of ketones is 2. The SMILES string of the molecule is C=CCC1/C=C(\C)CC(C)CC(OC)C2OC(O)(C(=O)C(=O)N3CCCCC3C(=O)OC(C(C)=CC3CCC(O[Si](C(C)C)(C(C)C)C(C)C)C(OC)C3)C(C)/C=C/C1=O)C(C)CC2OC. The van der Waals surface area contributed by atoms with Gasteiger partial charge in [-0.2, -0.15) is 0 Å². The molecular formula is C53H87NO11Si. The van der Waals surface area contributed by atoms with Crippen molar-refractivity contribution in [2.45, 2.75) is 205 Å². The lowest BCUT2D eigenvalue weighted by molar-refractivity contribution is -0.302. The molecule has 0 radical (unpaired) electrons. The fraction of sp³-hybridized carbons (Fsp3) is 0.774. The Labute approximate surface area is 398 Å². The molecule has 2 saturated heterocycles. The standard InChI is InChI=1S/C53H87NO11Si/c1-16-19-41-27-35(8)26-36(9)28-46(61-14)49-47(62-15)30-39(12)53(59,64-49)50(56)51(57)54-25-18-17-20-42(54)52(58)63-48(37(10)21-23-43(41)55)38(11)29-40-22-24-44(45(31-40)60-13)65-66(32(2)3,33(4)5)34(6)7/h16,21,23,27,29,32-34,36-37,39-42,44-49,59H,1,17-20,22,24-26,28,30-31H2,2-15H3/b23-21+,35-27+,38-29?. The van der Waals surface area contributed by atoms with E-state index < -0.39 is 80.0 Å². The number of aliphatic hydroxyl groups is 1. The molecule has 13 heteroatoms. The average Bonchev–Trinajstić information content (AvgIpc) is 3.27. The fourth-order valence-electron chi connectivity index (χ4n) is 11.9. The second kappa shape index (κ2) is 24.7. The zero-order valence-corrected chi connectivity index (χ0v) is 44.0. The number of Topliss-reactive ketones (excluding diaryl/α,β-unsaturated/α-hetero) is 1.